The fourth-order valence-corrected chi connectivity index (χ4v) is 4.96. The summed E-state index contributed by atoms with van der Waals surface area (Å²) in [5.74, 6) is -0.493. The number of para-hydroxylation sites is 1. The highest BCUT2D eigenvalue weighted by Crippen LogP contribution is 2.26. The molecule has 0 unspecified atom stereocenters. The maximum atomic E-state index is 13.5. The quantitative estimate of drug-likeness (QED) is 0.400. The lowest BCUT2D eigenvalue weighted by Crippen LogP contribution is -2.46. The summed E-state index contributed by atoms with van der Waals surface area (Å²) >= 11 is 0. The Morgan fingerprint density at radius 3 is 2.32 bits per heavy atom. The summed E-state index contributed by atoms with van der Waals surface area (Å²) in [5.41, 5.74) is 0.894. The van der Waals surface area contributed by atoms with Crippen molar-refractivity contribution in [2.45, 2.75) is 64.6 Å². The zero-order valence-electron chi connectivity index (χ0n) is 21.0. The van der Waals surface area contributed by atoms with Gasteiger partial charge >= 0.3 is 5.69 Å². The van der Waals surface area contributed by atoms with E-state index >= 15 is 0 Å². The molecule has 0 saturated heterocycles. The molecule has 37 heavy (non-hydrogen) atoms. The van der Waals surface area contributed by atoms with Crippen molar-refractivity contribution in [1.29, 1.82) is 0 Å². The molecule has 5 rings (SSSR count). The average Bonchev–Trinajstić information content (AvgIpc) is 3.52. The second kappa shape index (κ2) is 10.1. The van der Waals surface area contributed by atoms with Crippen LogP contribution in [-0.2, 0) is 22.7 Å². The van der Waals surface area contributed by atoms with E-state index in [2.05, 4.69) is 24.5 Å². The van der Waals surface area contributed by atoms with Gasteiger partial charge in [-0.05, 0) is 48.6 Å². The van der Waals surface area contributed by atoms with E-state index in [0.717, 1.165) is 35.8 Å². The average molecular weight is 503 g/mol. The topological polar surface area (TPSA) is 115 Å². The minimum atomic E-state index is -0.740. The predicted molar refractivity (Wildman–Crippen MR) is 142 cm³/mol. The number of furan rings is 1. The molecule has 0 radical (unpaired) electrons. The van der Waals surface area contributed by atoms with E-state index < -0.39 is 29.6 Å². The van der Waals surface area contributed by atoms with Crippen LogP contribution in [0.25, 0.3) is 22.1 Å². The minimum Gasteiger partial charge on any atom is -0.449 e. The highest BCUT2D eigenvalue weighted by Gasteiger charge is 2.24. The lowest BCUT2D eigenvalue weighted by molar-refractivity contribution is -0.122. The molecule has 1 aliphatic carbocycles. The molecule has 2 N–H and O–H groups in total. The molecule has 0 atom stereocenters. The Labute approximate surface area is 213 Å². The van der Waals surface area contributed by atoms with Crippen molar-refractivity contribution < 1.29 is 14.0 Å². The van der Waals surface area contributed by atoms with Crippen molar-refractivity contribution in [2.24, 2.45) is 0 Å². The summed E-state index contributed by atoms with van der Waals surface area (Å²) in [5, 5.41) is 6.27. The summed E-state index contributed by atoms with van der Waals surface area (Å²) in [6.07, 6.45) is 3.84. The molecule has 0 bridgehead atoms. The van der Waals surface area contributed by atoms with Gasteiger partial charge in [0.25, 0.3) is 5.56 Å². The Morgan fingerprint density at radius 2 is 1.62 bits per heavy atom. The Bertz CT molecular complexity index is 1590. The van der Waals surface area contributed by atoms with Gasteiger partial charge in [0.05, 0.1) is 0 Å². The van der Waals surface area contributed by atoms with Crippen molar-refractivity contribution in [3.63, 3.8) is 0 Å². The predicted octanol–water partition coefficient (Wildman–Crippen LogP) is 3.73. The number of amides is 2. The van der Waals surface area contributed by atoms with Crippen LogP contribution in [0.1, 0.15) is 51.0 Å². The van der Waals surface area contributed by atoms with Gasteiger partial charge in [0.2, 0.25) is 17.4 Å². The third kappa shape index (κ3) is 4.94. The minimum absolute atomic E-state index is 0.0493. The van der Waals surface area contributed by atoms with Gasteiger partial charge in [-0.3, -0.25) is 19.0 Å². The van der Waals surface area contributed by atoms with Crippen molar-refractivity contribution in [2.75, 3.05) is 5.32 Å². The Hall–Kier alpha value is -4.14. The lowest BCUT2D eigenvalue weighted by atomic mass is 10.0. The van der Waals surface area contributed by atoms with Crippen LogP contribution >= 0.6 is 0 Å². The second-order valence-corrected chi connectivity index (χ2v) is 9.91. The summed E-state index contributed by atoms with van der Waals surface area (Å²) < 4.78 is 7.87. The summed E-state index contributed by atoms with van der Waals surface area (Å²) in [7, 11) is 0. The van der Waals surface area contributed by atoms with Gasteiger partial charge in [0.15, 0.2) is 0 Å². The van der Waals surface area contributed by atoms with Crippen molar-refractivity contribution in [1.82, 2.24) is 14.5 Å². The molecule has 2 aromatic heterocycles. The first-order chi connectivity index (χ1) is 17.8. The molecule has 1 saturated carbocycles. The Balaban J connectivity index is 1.51. The number of carbonyl (C=O) groups is 2. The summed E-state index contributed by atoms with van der Waals surface area (Å²) in [6.45, 7) is 3.38. The Kier molecular flexibility index (Phi) is 6.69. The molecule has 0 aliphatic heterocycles. The highest BCUT2D eigenvalue weighted by atomic mass is 16.3. The molecule has 9 nitrogen and oxygen atoms in total. The first-order valence-electron chi connectivity index (χ1n) is 12.7. The van der Waals surface area contributed by atoms with Crippen molar-refractivity contribution in [3.05, 3.63) is 74.9 Å². The van der Waals surface area contributed by atoms with Crippen LogP contribution in [0, 0.1) is 0 Å². The molecular weight excluding hydrogens is 472 g/mol. The maximum absolute atomic E-state index is 13.5. The highest BCUT2D eigenvalue weighted by molar-refractivity contribution is 6.03. The molecule has 1 fully saturated rings. The van der Waals surface area contributed by atoms with Gasteiger partial charge in [0, 0.05) is 17.1 Å². The molecular formula is C28H30N4O5. The number of fused-ring (bicyclic) bond motifs is 3. The number of rotatable bonds is 7. The van der Waals surface area contributed by atoms with Gasteiger partial charge in [-0.2, -0.15) is 0 Å². The molecule has 9 heteroatoms. The normalized spacial score (nSPS) is 14.0. The van der Waals surface area contributed by atoms with E-state index in [9.17, 15) is 19.2 Å². The van der Waals surface area contributed by atoms with E-state index in [0.29, 0.717) is 22.6 Å². The fourth-order valence-electron chi connectivity index (χ4n) is 4.96. The molecule has 1 aliphatic rings. The van der Waals surface area contributed by atoms with Crippen LogP contribution < -0.4 is 21.9 Å². The number of nitrogens with zero attached hydrogens (tertiary/aromatic N) is 2. The van der Waals surface area contributed by atoms with Crippen molar-refractivity contribution >= 4 is 39.6 Å². The van der Waals surface area contributed by atoms with E-state index in [4.69, 9.17) is 4.42 Å². The second-order valence-electron chi connectivity index (χ2n) is 9.91. The number of carbonyl (C=O) groups excluding carboxylic acids is 2. The zero-order valence-corrected chi connectivity index (χ0v) is 21.0. The van der Waals surface area contributed by atoms with E-state index in [-0.39, 0.29) is 23.7 Å². The summed E-state index contributed by atoms with van der Waals surface area (Å²) in [6, 6.07) is 14.5. The first-order valence-corrected chi connectivity index (χ1v) is 12.7. The SMILES string of the molecule is CC(C)c1ccc(NC(=O)Cn2c(=O)n(CC(=O)NC3CCCC3)c(=O)c3oc4ccccc4c32)cc1. The van der Waals surface area contributed by atoms with Crippen LogP contribution in [0.5, 0.6) is 0 Å². The number of benzene rings is 2. The number of hydrogen-bond donors (Lipinski definition) is 2. The third-order valence-electron chi connectivity index (χ3n) is 6.93. The monoisotopic (exact) mass is 502 g/mol. The van der Waals surface area contributed by atoms with Crippen LogP contribution in [0.2, 0.25) is 0 Å². The van der Waals surface area contributed by atoms with Crippen LogP contribution in [-0.4, -0.2) is 27.0 Å². The van der Waals surface area contributed by atoms with Gasteiger partial charge in [-0.25, -0.2) is 9.36 Å². The van der Waals surface area contributed by atoms with Crippen molar-refractivity contribution in [3.8, 4) is 0 Å². The van der Waals surface area contributed by atoms with Gasteiger partial charge in [-0.1, -0.05) is 51.0 Å². The molecule has 2 aromatic carbocycles. The smallest absolute Gasteiger partial charge is 0.332 e. The molecule has 0 spiro atoms. The lowest BCUT2D eigenvalue weighted by Gasteiger charge is -2.14. The fraction of sp³-hybridized carbons (Fsp3) is 0.357. The van der Waals surface area contributed by atoms with Crippen LogP contribution in [0.15, 0.2) is 62.5 Å². The number of hydrogen-bond acceptors (Lipinski definition) is 5. The molecule has 2 heterocycles. The zero-order chi connectivity index (χ0) is 26.1. The summed E-state index contributed by atoms with van der Waals surface area (Å²) in [4.78, 5) is 52.6. The molecule has 192 valence electrons. The van der Waals surface area contributed by atoms with E-state index in [1.54, 1.807) is 24.3 Å². The molecule has 2 amide bonds. The first kappa shape index (κ1) is 24.5. The van der Waals surface area contributed by atoms with Gasteiger partial charge < -0.3 is 15.1 Å². The van der Waals surface area contributed by atoms with Crippen LogP contribution in [0.3, 0.4) is 0 Å². The number of aromatic nitrogens is 2. The van der Waals surface area contributed by atoms with Crippen LogP contribution in [0.4, 0.5) is 5.69 Å². The maximum Gasteiger partial charge on any atom is 0.332 e. The van der Waals surface area contributed by atoms with E-state index in [1.165, 1.54) is 4.57 Å². The Morgan fingerprint density at radius 1 is 0.946 bits per heavy atom. The third-order valence-corrected chi connectivity index (χ3v) is 6.93. The number of anilines is 1. The standard InChI is InChI=1S/C28H30N4O5/c1-17(2)18-11-13-20(14-12-18)30-23(33)15-31-25-21-9-5-6-10-22(21)37-26(25)27(35)32(28(31)36)16-24(34)29-19-7-3-4-8-19/h5-6,9-14,17,19H,3-4,7-8,15-16H2,1-2H3,(H,29,34)(H,30,33). The van der Waals surface area contributed by atoms with Gasteiger partial charge in [-0.15, -0.1) is 0 Å². The van der Waals surface area contributed by atoms with Gasteiger partial charge in [0.1, 0.15) is 24.2 Å². The van der Waals surface area contributed by atoms with E-state index in [1.807, 2.05) is 24.3 Å². The largest absolute Gasteiger partial charge is 0.449 e. The number of nitrogens with one attached hydrogen (secondary N) is 2. The molecule has 4 aromatic rings.